The SMILES string of the molecule is O=C1COc2ccccc2CN1c1ccc2c(c1)CCC2. The summed E-state index contributed by atoms with van der Waals surface area (Å²) in [5.41, 5.74) is 4.86. The molecule has 2 aromatic rings. The molecule has 4 rings (SSSR count). The van der Waals surface area contributed by atoms with Crippen molar-refractivity contribution in [1.29, 1.82) is 0 Å². The summed E-state index contributed by atoms with van der Waals surface area (Å²) in [7, 11) is 0. The zero-order valence-corrected chi connectivity index (χ0v) is 11.8. The van der Waals surface area contributed by atoms with Gasteiger partial charge in [0.15, 0.2) is 6.61 Å². The van der Waals surface area contributed by atoms with E-state index in [2.05, 4.69) is 18.2 Å². The van der Waals surface area contributed by atoms with Gasteiger partial charge in [-0.2, -0.15) is 0 Å². The van der Waals surface area contributed by atoms with Crippen molar-refractivity contribution in [2.45, 2.75) is 25.8 Å². The minimum atomic E-state index is 0.0177. The van der Waals surface area contributed by atoms with Crippen LogP contribution in [0.15, 0.2) is 42.5 Å². The summed E-state index contributed by atoms with van der Waals surface area (Å²) in [4.78, 5) is 14.2. The molecule has 106 valence electrons. The van der Waals surface area contributed by atoms with Crippen molar-refractivity contribution in [2.75, 3.05) is 11.5 Å². The second kappa shape index (κ2) is 4.92. The Bertz CT molecular complexity index is 708. The first kappa shape index (κ1) is 12.5. The first-order valence-corrected chi connectivity index (χ1v) is 7.44. The van der Waals surface area contributed by atoms with Gasteiger partial charge in [-0.1, -0.05) is 24.3 Å². The van der Waals surface area contributed by atoms with E-state index in [1.54, 1.807) is 0 Å². The van der Waals surface area contributed by atoms with Crippen LogP contribution in [-0.4, -0.2) is 12.5 Å². The molecule has 3 nitrogen and oxygen atoms in total. The zero-order chi connectivity index (χ0) is 14.2. The molecule has 1 aliphatic heterocycles. The van der Waals surface area contributed by atoms with Crippen molar-refractivity contribution in [3.05, 3.63) is 59.2 Å². The van der Waals surface area contributed by atoms with Crippen molar-refractivity contribution in [3.63, 3.8) is 0 Å². The minimum Gasteiger partial charge on any atom is -0.483 e. The fraction of sp³-hybridized carbons (Fsp3) is 0.278. The van der Waals surface area contributed by atoms with Gasteiger partial charge in [0.25, 0.3) is 5.91 Å². The van der Waals surface area contributed by atoms with E-state index < -0.39 is 0 Å². The van der Waals surface area contributed by atoms with Crippen LogP contribution in [0.2, 0.25) is 0 Å². The minimum absolute atomic E-state index is 0.0177. The monoisotopic (exact) mass is 279 g/mol. The third kappa shape index (κ3) is 2.19. The molecular formula is C18H17NO2. The van der Waals surface area contributed by atoms with Crippen LogP contribution < -0.4 is 9.64 Å². The zero-order valence-electron chi connectivity index (χ0n) is 11.8. The summed E-state index contributed by atoms with van der Waals surface area (Å²) in [6.07, 6.45) is 3.51. The highest BCUT2D eigenvalue weighted by Gasteiger charge is 2.23. The summed E-state index contributed by atoms with van der Waals surface area (Å²) < 4.78 is 5.61. The Morgan fingerprint density at radius 1 is 0.952 bits per heavy atom. The van der Waals surface area contributed by atoms with Gasteiger partial charge in [0.1, 0.15) is 5.75 Å². The molecule has 0 saturated heterocycles. The molecule has 0 spiro atoms. The molecule has 0 bridgehead atoms. The van der Waals surface area contributed by atoms with Crippen LogP contribution in [0.1, 0.15) is 23.1 Å². The van der Waals surface area contributed by atoms with Crippen molar-refractivity contribution in [3.8, 4) is 5.75 Å². The topological polar surface area (TPSA) is 29.5 Å². The van der Waals surface area contributed by atoms with E-state index in [-0.39, 0.29) is 12.5 Å². The van der Waals surface area contributed by atoms with E-state index in [4.69, 9.17) is 4.74 Å². The smallest absolute Gasteiger partial charge is 0.265 e. The van der Waals surface area contributed by atoms with Crippen molar-refractivity contribution in [1.82, 2.24) is 0 Å². The summed E-state index contributed by atoms with van der Waals surface area (Å²) in [5, 5.41) is 0. The maximum Gasteiger partial charge on any atom is 0.265 e. The Labute approximate surface area is 124 Å². The largest absolute Gasteiger partial charge is 0.483 e. The van der Waals surface area contributed by atoms with E-state index in [1.807, 2.05) is 29.2 Å². The summed E-state index contributed by atoms with van der Waals surface area (Å²) in [6, 6.07) is 14.3. The number of ether oxygens (including phenoxy) is 1. The lowest BCUT2D eigenvalue weighted by atomic mass is 10.1. The predicted molar refractivity (Wildman–Crippen MR) is 81.6 cm³/mol. The standard InChI is InChI=1S/C18H17NO2/c20-18-12-21-17-7-2-1-4-15(17)11-19(18)16-9-8-13-5-3-6-14(13)10-16/h1-2,4,7-10H,3,5-6,11-12H2. The summed E-state index contributed by atoms with van der Waals surface area (Å²) >= 11 is 0. The third-order valence-corrected chi connectivity index (χ3v) is 4.35. The Balaban J connectivity index is 1.72. The Hall–Kier alpha value is -2.29. The lowest BCUT2D eigenvalue weighted by Crippen LogP contribution is -2.32. The van der Waals surface area contributed by atoms with Crippen LogP contribution in [0, 0.1) is 0 Å². The highest BCUT2D eigenvalue weighted by atomic mass is 16.5. The van der Waals surface area contributed by atoms with Gasteiger partial charge in [-0.25, -0.2) is 0 Å². The van der Waals surface area contributed by atoms with Crippen LogP contribution in [0.25, 0.3) is 0 Å². The maximum atomic E-state index is 12.4. The second-order valence-corrected chi connectivity index (χ2v) is 5.68. The number of hydrogen-bond donors (Lipinski definition) is 0. The molecular weight excluding hydrogens is 262 g/mol. The van der Waals surface area contributed by atoms with E-state index in [1.165, 1.54) is 17.5 Å². The number of benzene rings is 2. The van der Waals surface area contributed by atoms with E-state index >= 15 is 0 Å². The summed E-state index contributed by atoms with van der Waals surface area (Å²) in [5.74, 6) is 0.832. The Morgan fingerprint density at radius 2 is 1.81 bits per heavy atom. The number of anilines is 1. The molecule has 0 N–H and O–H groups in total. The second-order valence-electron chi connectivity index (χ2n) is 5.68. The van der Waals surface area contributed by atoms with Gasteiger partial charge < -0.3 is 9.64 Å². The number of nitrogens with zero attached hydrogens (tertiary/aromatic N) is 1. The first-order valence-electron chi connectivity index (χ1n) is 7.44. The Morgan fingerprint density at radius 3 is 2.76 bits per heavy atom. The average molecular weight is 279 g/mol. The molecule has 2 aromatic carbocycles. The molecule has 3 heteroatoms. The van der Waals surface area contributed by atoms with Gasteiger partial charge in [-0.15, -0.1) is 0 Å². The van der Waals surface area contributed by atoms with Gasteiger partial charge in [0.05, 0.1) is 6.54 Å². The quantitative estimate of drug-likeness (QED) is 0.802. The van der Waals surface area contributed by atoms with Crippen LogP contribution in [-0.2, 0) is 24.2 Å². The van der Waals surface area contributed by atoms with Gasteiger partial charge in [0, 0.05) is 11.3 Å². The van der Waals surface area contributed by atoms with Crippen molar-refractivity contribution < 1.29 is 9.53 Å². The number of carbonyl (C=O) groups excluding carboxylic acids is 1. The number of aryl methyl sites for hydroxylation is 2. The van der Waals surface area contributed by atoms with Gasteiger partial charge in [-0.3, -0.25) is 4.79 Å². The highest BCUT2D eigenvalue weighted by Crippen LogP contribution is 2.30. The fourth-order valence-electron chi connectivity index (χ4n) is 3.21. The van der Waals surface area contributed by atoms with Crippen molar-refractivity contribution in [2.24, 2.45) is 0 Å². The van der Waals surface area contributed by atoms with Gasteiger partial charge >= 0.3 is 0 Å². The Kier molecular flexibility index (Phi) is 2.92. The van der Waals surface area contributed by atoms with Crippen molar-refractivity contribution >= 4 is 11.6 Å². The number of amides is 1. The molecule has 0 aromatic heterocycles. The molecule has 0 atom stereocenters. The summed E-state index contributed by atoms with van der Waals surface area (Å²) in [6.45, 7) is 0.682. The lowest BCUT2D eigenvalue weighted by molar-refractivity contribution is -0.120. The normalized spacial score (nSPS) is 17.0. The third-order valence-electron chi connectivity index (χ3n) is 4.35. The van der Waals surface area contributed by atoms with E-state index in [0.717, 1.165) is 29.8 Å². The molecule has 1 amide bonds. The number of rotatable bonds is 1. The molecule has 1 aliphatic carbocycles. The molecule has 0 unspecified atom stereocenters. The number of fused-ring (bicyclic) bond motifs is 2. The molecule has 2 aliphatic rings. The molecule has 0 saturated carbocycles. The van der Waals surface area contributed by atoms with Crippen LogP contribution in [0.4, 0.5) is 5.69 Å². The van der Waals surface area contributed by atoms with Crippen LogP contribution in [0.5, 0.6) is 5.75 Å². The number of carbonyl (C=O) groups is 1. The number of hydrogen-bond acceptors (Lipinski definition) is 2. The maximum absolute atomic E-state index is 12.4. The lowest BCUT2D eigenvalue weighted by Gasteiger charge is -2.21. The fourth-order valence-corrected chi connectivity index (χ4v) is 3.21. The van der Waals surface area contributed by atoms with Gasteiger partial charge in [-0.05, 0) is 48.6 Å². The van der Waals surface area contributed by atoms with Crippen LogP contribution in [0.3, 0.4) is 0 Å². The molecule has 0 fully saturated rings. The molecule has 1 heterocycles. The van der Waals surface area contributed by atoms with Crippen LogP contribution >= 0.6 is 0 Å². The number of para-hydroxylation sites is 1. The van der Waals surface area contributed by atoms with E-state index in [0.29, 0.717) is 6.54 Å². The average Bonchev–Trinajstić information content (AvgIpc) is 2.91. The van der Waals surface area contributed by atoms with Gasteiger partial charge in [0.2, 0.25) is 0 Å². The first-order chi connectivity index (χ1) is 10.3. The predicted octanol–water partition coefficient (Wildman–Crippen LogP) is 3.10. The molecule has 0 radical (unpaired) electrons. The van der Waals surface area contributed by atoms with E-state index in [9.17, 15) is 4.79 Å². The highest BCUT2D eigenvalue weighted by molar-refractivity contribution is 5.95. The molecule has 21 heavy (non-hydrogen) atoms.